The molecule has 0 aliphatic rings. The normalized spacial score (nSPS) is 10.9. The van der Waals surface area contributed by atoms with Gasteiger partial charge in [0.05, 0.1) is 30.4 Å². The summed E-state index contributed by atoms with van der Waals surface area (Å²) in [5, 5.41) is 2.76. The minimum atomic E-state index is -0.593. The molecule has 0 saturated heterocycles. The van der Waals surface area contributed by atoms with Crippen LogP contribution in [-0.2, 0) is 9.53 Å². The van der Waals surface area contributed by atoms with E-state index in [1.54, 1.807) is 24.7 Å². The average molecular weight is 404 g/mol. The number of hydrogen-bond donors (Lipinski definition) is 1. The minimum absolute atomic E-state index is 0.145. The number of methoxy groups -OCH3 is 1. The van der Waals surface area contributed by atoms with Gasteiger partial charge in [-0.05, 0) is 31.2 Å². The van der Waals surface area contributed by atoms with Gasteiger partial charge in [0.25, 0.3) is 0 Å². The van der Waals surface area contributed by atoms with E-state index < -0.39 is 5.97 Å². The second kappa shape index (κ2) is 7.82. The Bertz CT molecular complexity index is 1280. The Morgan fingerprint density at radius 3 is 2.37 bits per heavy atom. The maximum absolute atomic E-state index is 12.9. The third kappa shape index (κ3) is 3.22. The molecule has 8 heteroatoms. The molecule has 0 bridgehead atoms. The lowest BCUT2D eigenvalue weighted by Gasteiger charge is -2.14. The molecule has 152 valence electrons. The molecule has 4 aromatic rings. The Labute approximate surface area is 172 Å². The third-order valence-electron chi connectivity index (χ3n) is 4.56. The highest BCUT2D eigenvalue weighted by atomic mass is 16.5. The quantitative estimate of drug-likeness (QED) is 0.510. The lowest BCUT2D eigenvalue weighted by molar-refractivity contribution is -0.114. The van der Waals surface area contributed by atoms with Crippen LogP contribution in [0, 0.1) is 0 Å². The van der Waals surface area contributed by atoms with Crippen molar-refractivity contribution in [2.75, 3.05) is 19.0 Å². The highest BCUT2D eigenvalue weighted by Crippen LogP contribution is 2.36. The van der Waals surface area contributed by atoms with Crippen LogP contribution in [0.1, 0.15) is 24.2 Å². The standard InChI is InChI=1S/C22H20N4O4/c1-4-30-22(28)18-19-21(25-15-10-6-5-9-14(15)24-19)26(20(18)23-13(2)27)16-11-7-8-12-17(16)29-3/h5-12H,4H2,1-3H3,(H,23,27). The lowest BCUT2D eigenvalue weighted by atomic mass is 10.2. The molecule has 1 amide bonds. The number of nitrogens with zero attached hydrogens (tertiary/aromatic N) is 3. The zero-order valence-corrected chi connectivity index (χ0v) is 16.8. The summed E-state index contributed by atoms with van der Waals surface area (Å²) in [6.45, 7) is 3.27. The number of amides is 1. The molecule has 30 heavy (non-hydrogen) atoms. The van der Waals surface area contributed by atoms with Gasteiger partial charge in [0.2, 0.25) is 5.91 Å². The largest absolute Gasteiger partial charge is 0.495 e. The van der Waals surface area contributed by atoms with Crippen LogP contribution >= 0.6 is 0 Å². The van der Waals surface area contributed by atoms with Crippen LogP contribution in [0.15, 0.2) is 48.5 Å². The van der Waals surface area contributed by atoms with Crippen molar-refractivity contribution in [3.05, 3.63) is 54.1 Å². The van der Waals surface area contributed by atoms with Gasteiger partial charge in [-0.15, -0.1) is 0 Å². The number of carbonyl (C=O) groups is 2. The number of fused-ring (bicyclic) bond motifs is 2. The second-order valence-corrected chi connectivity index (χ2v) is 6.52. The number of aromatic nitrogens is 3. The Kier molecular flexibility index (Phi) is 5.05. The van der Waals surface area contributed by atoms with E-state index in [1.807, 2.05) is 42.5 Å². The fourth-order valence-corrected chi connectivity index (χ4v) is 3.38. The molecule has 2 heterocycles. The highest BCUT2D eigenvalue weighted by molar-refractivity contribution is 6.11. The molecule has 0 saturated carbocycles. The Morgan fingerprint density at radius 1 is 1.03 bits per heavy atom. The molecule has 0 fully saturated rings. The third-order valence-corrected chi connectivity index (χ3v) is 4.56. The van der Waals surface area contributed by atoms with E-state index in [4.69, 9.17) is 14.5 Å². The van der Waals surface area contributed by atoms with Crippen LogP contribution < -0.4 is 10.1 Å². The van der Waals surface area contributed by atoms with Gasteiger partial charge in [-0.1, -0.05) is 24.3 Å². The maximum Gasteiger partial charge on any atom is 0.344 e. The first-order chi connectivity index (χ1) is 14.5. The Morgan fingerprint density at radius 2 is 1.70 bits per heavy atom. The smallest absolute Gasteiger partial charge is 0.344 e. The fourth-order valence-electron chi connectivity index (χ4n) is 3.38. The first-order valence-corrected chi connectivity index (χ1v) is 9.44. The molecule has 4 rings (SSSR count). The van der Waals surface area contributed by atoms with Gasteiger partial charge in [-0.3, -0.25) is 9.36 Å². The van der Waals surface area contributed by atoms with Crippen LogP contribution in [0.2, 0.25) is 0 Å². The number of benzene rings is 2. The van der Waals surface area contributed by atoms with E-state index in [1.165, 1.54) is 6.92 Å². The molecule has 0 unspecified atom stereocenters. The number of nitrogens with one attached hydrogen (secondary N) is 1. The lowest BCUT2D eigenvalue weighted by Crippen LogP contribution is -2.15. The van der Waals surface area contributed by atoms with Crippen molar-refractivity contribution in [2.45, 2.75) is 13.8 Å². The summed E-state index contributed by atoms with van der Waals surface area (Å²) < 4.78 is 12.5. The summed E-state index contributed by atoms with van der Waals surface area (Å²) in [6, 6.07) is 14.6. The Balaban J connectivity index is 2.18. The van der Waals surface area contributed by atoms with Crippen molar-refractivity contribution in [3.8, 4) is 11.4 Å². The van der Waals surface area contributed by atoms with Gasteiger partial charge < -0.3 is 14.8 Å². The summed E-state index contributed by atoms with van der Waals surface area (Å²) >= 11 is 0. The molecule has 2 aromatic carbocycles. The minimum Gasteiger partial charge on any atom is -0.495 e. The predicted octanol–water partition coefficient (Wildman–Crippen LogP) is 3.72. The number of ether oxygens (including phenoxy) is 2. The van der Waals surface area contributed by atoms with Crippen LogP contribution in [0.4, 0.5) is 5.82 Å². The van der Waals surface area contributed by atoms with Crippen molar-refractivity contribution in [1.82, 2.24) is 14.5 Å². The van der Waals surface area contributed by atoms with Crippen molar-refractivity contribution in [2.24, 2.45) is 0 Å². The van der Waals surface area contributed by atoms with Crippen molar-refractivity contribution in [3.63, 3.8) is 0 Å². The molecule has 0 aliphatic heterocycles. The topological polar surface area (TPSA) is 95.3 Å². The van der Waals surface area contributed by atoms with E-state index in [2.05, 4.69) is 10.3 Å². The molecule has 8 nitrogen and oxygen atoms in total. The zero-order valence-electron chi connectivity index (χ0n) is 16.8. The average Bonchev–Trinajstić information content (AvgIpc) is 3.04. The second-order valence-electron chi connectivity index (χ2n) is 6.52. The van der Waals surface area contributed by atoms with Crippen LogP contribution in [0.5, 0.6) is 5.75 Å². The van der Waals surface area contributed by atoms with Crippen LogP contribution in [0.25, 0.3) is 27.9 Å². The summed E-state index contributed by atoms with van der Waals surface area (Å²) in [5.41, 5.74) is 2.78. The number of rotatable bonds is 5. The summed E-state index contributed by atoms with van der Waals surface area (Å²) in [5.74, 6) is -0.157. The fraction of sp³-hybridized carbons (Fsp3) is 0.182. The number of anilines is 1. The summed E-state index contributed by atoms with van der Waals surface area (Å²) in [7, 11) is 1.55. The predicted molar refractivity (Wildman–Crippen MR) is 113 cm³/mol. The molecular formula is C22H20N4O4. The number of hydrogen-bond acceptors (Lipinski definition) is 6. The molecule has 1 N–H and O–H groups in total. The van der Waals surface area contributed by atoms with E-state index in [0.717, 1.165) is 0 Å². The van der Waals surface area contributed by atoms with Crippen molar-refractivity contribution < 1.29 is 19.1 Å². The SMILES string of the molecule is CCOC(=O)c1c(NC(C)=O)n(-c2ccccc2OC)c2nc3ccccc3nc12. The molecule has 0 spiro atoms. The van der Waals surface area contributed by atoms with Crippen molar-refractivity contribution >= 4 is 39.9 Å². The first kappa shape index (κ1) is 19.4. The van der Waals surface area contributed by atoms with Crippen LogP contribution in [0.3, 0.4) is 0 Å². The van der Waals surface area contributed by atoms with E-state index in [9.17, 15) is 9.59 Å². The van der Waals surface area contributed by atoms with Gasteiger partial charge in [0.15, 0.2) is 5.65 Å². The number of para-hydroxylation sites is 4. The van der Waals surface area contributed by atoms with Gasteiger partial charge >= 0.3 is 5.97 Å². The summed E-state index contributed by atoms with van der Waals surface area (Å²) in [4.78, 5) is 34.4. The first-order valence-electron chi connectivity index (χ1n) is 9.44. The molecule has 2 aromatic heterocycles. The van der Waals surface area contributed by atoms with E-state index in [0.29, 0.717) is 33.6 Å². The van der Waals surface area contributed by atoms with E-state index in [-0.39, 0.29) is 23.9 Å². The number of esters is 1. The van der Waals surface area contributed by atoms with E-state index >= 15 is 0 Å². The molecule has 0 radical (unpaired) electrons. The van der Waals surface area contributed by atoms with Gasteiger partial charge in [-0.25, -0.2) is 14.8 Å². The van der Waals surface area contributed by atoms with Crippen LogP contribution in [-0.4, -0.2) is 40.1 Å². The van der Waals surface area contributed by atoms with Crippen molar-refractivity contribution in [1.29, 1.82) is 0 Å². The molecule has 0 aliphatic carbocycles. The van der Waals surface area contributed by atoms with Gasteiger partial charge in [0.1, 0.15) is 22.6 Å². The Hall–Kier alpha value is -3.94. The van der Waals surface area contributed by atoms with Gasteiger partial charge in [0, 0.05) is 6.92 Å². The molecular weight excluding hydrogens is 384 g/mol. The maximum atomic E-state index is 12.9. The monoisotopic (exact) mass is 404 g/mol. The molecule has 0 atom stereocenters. The number of carbonyl (C=O) groups excluding carboxylic acids is 2. The zero-order chi connectivity index (χ0) is 21.3. The highest BCUT2D eigenvalue weighted by Gasteiger charge is 2.29. The van der Waals surface area contributed by atoms with Gasteiger partial charge in [-0.2, -0.15) is 0 Å². The summed E-state index contributed by atoms with van der Waals surface area (Å²) in [6.07, 6.45) is 0.